The lowest BCUT2D eigenvalue weighted by Crippen LogP contribution is -2.57. The summed E-state index contributed by atoms with van der Waals surface area (Å²) >= 11 is 0. The molecule has 4 fully saturated rings. The van der Waals surface area contributed by atoms with Crippen LogP contribution in [-0.4, -0.2) is 88.9 Å². The molecule has 43 heavy (non-hydrogen) atoms. The first-order valence-electron chi connectivity index (χ1n) is 15.5. The van der Waals surface area contributed by atoms with Gasteiger partial charge in [0, 0.05) is 6.42 Å². The van der Waals surface area contributed by atoms with Gasteiger partial charge in [0.15, 0.2) is 32.5 Å². The van der Waals surface area contributed by atoms with Crippen molar-refractivity contribution in [3.8, 4) is 5.75 Å². The van der Waals surface area contributed by atoms with Gasteiger partial charge in [-0.25, -0.2) is 0 Å². The molecule has 0 spiro atoms. The summed E-state index contributed by atoms with van der Waals surface area (Å²) in [4.78, 5) is 0. The van der Waals surface area contributed by atoms with Crippen LogP contribution < -0.4 is 4.74 Å². The van der Waals surface area contributed by atoms with Crippen LogP contribution in [0.25, 0.3) is 0 Å². The molecule has 5 rings (SSSR count). The lowest BCUT2D eigenvalue weighted by molar-refractivity contribution is -0.283. The molecule has 244 valence electrons. The molecule has 0 aliphatic carbocycles. The Kier molecular flexibility index (Phi) is 9.46. The highest BCUT2D eigenvalue weighted by molar-refractivity contribution is 6.74. The van der Waals surface area contributed by atoms with E-state index in [1.165, 1.54) is 0 Å². The normalized spacial score (nSPS) is 37.1. The van der Waals surface area contributed by atoms with Crippen LogP contribution in [-0.2, 0) is 48.9 Å². The third-order valence-corrected chi connectivity index (χ3v) is 13.7. The van der Waals surface area contributed by atoms with E-state index < -0.39 is 38.6 Å². The van der Waals surface area contributed by atoms with Gasteiger partial charge in [-0.1, -0.05) is 32.9 Å². The van der Waals surface area contributed by atoms with Gasteiger partial charge in [-0.15, -0.1) is 0 Å². The van der Waals surface area contributed by atoms with Crippen molar-refractivity contribution < 1.29 is 47.1 Å². The fourth-order valence-electron chi connectivity index (χ4n) is 5.96. The maximum absolute atomic E-state index is 6.97. The molecule has 0 aromatic heterocycles. The number of rotatable bonds is 9. The fourth-order valence-corrected chi connectivity index (χ4v) is 7.30. The van der Waals surface area contributed by atoms with E-state index in [-0.39, 0.29) is 48.3 Å². The Morgan fingerprint density at radius 1 is 0.860 bits per heavy atom. The van der Waals surface area contributed by atoms with Crippen molar-refractivity contribution >= 4 is 8.32 Å². The Balaban J connectivity index is 1.27. The number of methoxy groups -OCH3 is 1. The second-order valence-electron chi connectivity index (χ2n) is 14.6. The van der Waals surface area contributed by atoms with Gasteiger partial charge in [0.2, 0.25) is 0 Å². The molecule has 1 aromatic rings. The van der Waals surface area contributed by atoms with Crippen LogP contribution >= 0.6 is 0 Å². The summed E-state index contributed by atoms with van der Waals surface area (Å²) in [6.45, 7) is 21.5. The summed E-state index contributed by atoms with van der Waals surface area (Å²) in [7, 11) is -0.468. The van der Waals surface area contributed by atoms with Crippen molar-refractivity contribution in [2.24, 2.45) is 0 Å². The molecular formula is C32H52O10Si. The minimum absolute atomic E-state index is 0.0384. The van der Waals surface area contributed by atoms with Crippen LogP contribution in [0.3, 0.4) is 0 Å². The summed E-state index contributed by atoms with van der Waals surface area (Å²) in [5.74, 6) is -0.730. The van der Waals surface area contributed by atoms with Gasteiger partial charge < -0.3 is 47.1 Å². The first kappa shape index (κ1) is 33.2. The van der Waals surface area contributed by atoms with Gasteiger partial charge in [0.05, 0.1) is 32.5 Å². The van der Waals surface area contributed by atoms with Crippen molar-refractivity contribution in [2.75, 3.05) is 13.7 Å². The zero-order valence-electron chi connectivity index (χ0n) is 27.7. The van der Waals surface area contributed by atoms with Gasteiger partial charge in [-0.3, -0.25) is 0 Å². The third-order valence-electron chi connectivity index (χ3n) is 9.17. The molecule has 9 atom stereocenters. The smallest absolute Gasteiger partial charge is 0.192 e. The van der Waals surface area contributed by atoms with Gasteiger partial charge >= 0.3 is 0 Å². The molecule has 1 aromatic carbocycles. The van der Waals surface area contributed by atoms with E-state index in [1.54, 1.807) is 7.11 Å². The maximum Gasteiger partial charge on any atom is 0.192 e. The summed E-state index contributed by atoms with van der Waals surface area (Å²) in [5.41, 5.74) is 1.06. The highest BCUT2D eigenvalue weighted by Crippen LogP contribution is 2.45. The molecule has 0 unspecified atom stereocenters. The number of fused-ring (bicyclic) bond motifs is 3. The van der Waals surface area contributed by atoms with E-state index in [2.05, 4.69) is 33.9 Å². The van der Waals surface area contributed by atoms with Crippen molar-refractivity contribution in [3.63, 3.8) is 0 Å². The van der Waals surface area contributed by atoms with Crippen molar-refractivity contribution in [2.45, 2.75) is 153 Å². The van der Waals surface area contributed by atoms with E-state index >= 15 is 0 Å². The molecule has 0 bridgehead atoms. The van der Waals surface area contributed by atoms with Gasteiger partial charge in [-0.2, -0.15) is 0 Å². The van der Waals surface area contributed by atoms with Gasteiger partial charge in [-0.05, 0) is 70.4 Å². The second kappa shape index (κ2) is 12.2. The SMILES string of the molecule is COc1ccc(CO[C@H]2[C@@H](O[Si](C)(C)C(C)(C)C)C[C@@H](OC[C@H]3O[C@@H]4OC(C)(C)O[C@@H]4[C@H]4OC(C)(C)O[C@H]43)O[C@@H]2C)cc1. The highest BCUT2D eigenvalue weighted by Gasteiger charge is 2.61. The summed E-state index contributed by atoms with van der Waals surface area (Å²) in [6, 6.07) is 7.91. The molecule has 4 aliphatic heterocycles. The molecule has 0 radical (unpaired) electrons. The average Bonchev–Trinajstić information content (AvgIpc) is 3.40. The average molecular weight is 625 g/mol. The Morgan fingerprint density at radius 3 is 2.14 bits per heavy atom. The monoisotopic (exact) mass is 624 g/mol. The van der Waals surface area contributed by atoms with E-state index in [9.17, 15) is 0 Å². The predicted molar refractivity (Wildman–Crippen MR) is 161 cm³/mol. The Morgan fingerprint density at radius 2 is 1.49 bits per heavy atom. The molecule has 10 nitrogen and oxygen atoms in total. The standard InChI is InChI=1S/C32H52O10Si/c1-19-25(35-17-20-12-14-21(33-9)15-13-20)22(42-43(10,11)30(2,3)4)16-24(36-19)34-18-23-26-27(39-31(5,6)38-26)28-29(37-23)41-32(7,8)40-28/h12-15,19,22-29H,16-18H2,1-11H3/t19-,22+,23-,24+,25-,26+,27+,28-,29-/m1/s1. The van der Waals surface area contributed by atoms with E-state index in [0.29, 0.717) is 13.0 Å². The highest BCUT2D eigenvalue weighted by atomic mass is 28.4. The largest absolute Gasteiger partial charge is 0.497 e. The van der Waals surface area contributed by atoms with E-state index in [1.807, 2.05) is 58.9 Å². The van der Waals surface area contributed by atoms with Crippen LogP contribution in [0.4, 0.5) is 0 Å². The minimum Gasteiger partial charge on any atom is -0.497 e. The van der Waals surface area contributed by atoms with Crippen LogP contribution in [0.2, 0.25) is 18.1 Å². The first-order chi connectivity index (χ1) is 20.0. The van der Waals surface area contributed by atoms with Crippen molar-refractivity contribution in [3.05, 3.63) is 29.8 Å². The second-order valence-corrected chi connectivity index (χ2v) is 19.3. The number of ether oxygens (including phenoxy) is 9. The fraction of sp³-hybridized carbons (Fsp3) is 0.812. The van der Waals surface area contributed by atoms with Gasteiger partial charge in [0.1, 0.15) is 36.3 Å². The summed E-state index contributed by atoms with van der Waals surface area (Å²) in [6.07, 6.45) is -2.75. The summed E-state index contributed by atoms with van der Waals surface area (Å²) in [5, 5.41) is 0.0384. The zero-order chi connectivity index (χ0) is 31.4. The molecule has 4 aliphatic rings. The molecule has 0 N–H and O–H groups in total. The van der Waals surface area contributed by atoms with Gasteiger partial charge in [0.25, 0.3) is 0 Å². The minimum atomic E-state index is -2.13. The zero-order valence-corrected chi connectivity index (χ0v) is 28.7. The molecule has 0 saturated carbocycles. The van der Waals surface area contributed by atoms with Crippen molar-refractivity contribution in [1.82, 2.24) is 0 Å². The number of benzene rings is 1. The van der Waals surface area contributed by atoms with Crippen LogP contribution in [0.15, 0.2) is 24.3 Å². The number of hydrogen-bond donors (Lipinski definition) is 0. The maximum atomic E-state index is 6.97. The number of hydrogen-bond acceptors (Lipinski definition) is 10. The molecule has 11 heteroatoms. The quantitative estimate of drug-likeness (QED) is 0.327. The molecule has 4 saturated heterocycles. The van der Waals surface area contributed by atoms with Crippen LogP contribution in [0.5, 0.6) is 5.75 Å². The molecule has 0 amide bonds. The third kappa shape index (κ3) is 7.48. The van der Waals surface area contributed by atoms with Crippen LogP contribution in [0.1, 0.15) is 67.4 Å². The van der Waals surface area contributed by atoms with E-state index in [4.69, 9.17) is 47.1 Å². The topological polar surface area (TPSA) is 92.3 Å². The Hall–Kier alpha value is -1.12. The van der Waals surface area contributed by atoms with Crippen molar-refractivity contribution in [1.29, 1.82) is 0 Å². The lowest BCUT2D eigenvalue weighted by atomic mass is 9.99. The summed E-state index contributed by atoms with van der Waals surface area (Å²) < 4.78 is 62.7. The Labute approximate surface area is 258 Å². The first-order valence-corrected chi connectivity index (χ1v) is 18.4. The predicted octanol–water partition coefficient (Wildman–Crippen LogP) is 5.52. The molecular weight excluding hydrogens is 572 g/mol. The van der Waals surface area contributed by atoms with E-state index in [0.717, 1.165) is 11.3 Å². The molecule has 4 heterocycles. The van der Waals surface area contributed by atoms with Crippen LogP contribution in [0, 0.1) is 0 Å². The lowest BCUT2D eigenvalue weighted by Gasteiger charge is -2.46. The Bertz CT molecular complexity index is 1090.